The lowest BCUT2D eigenvalue weighted by Crippen LogP contribution is -2.57. The summed E-state index contributed by atoms with van der Waals surface area (Å²) in [6, 6.07) is 8.13. The first-order chi connectivity index (χ1) is 20.9. The SMILES string of the molecule is O=C1C=C2CC3(O)COc4c(ccc(O)c4O)C3=C2C2C1(O)OC13COc4c(ccc(O)c4O)C21c1cc(O)c(O)cc1C3. The van der Waals surface area contributed by atoms with Gasteiger partial charge in [0.25, 0.3) is 0 Å². The lowest BCUT2D eigenvalue weighted by molar-refractivity contribution is -0.229. The number of phenolic OH excluding ortho intramolecular Hbond substituents is 6. The lowest BCUT2D eigenvalue weighted by Gasteiger charge is -2.48. The first-order valence-corrected chi connectivity index (χ1v) is 13.9. The van der Waals surface area contributed by atoms with Crippen LogP contribution >= 0.6 is 0 Å². The van der Waals surface area contributed by atoms with Gasteiger partial charge in [-0.25, -0.2) is 0 Å². The number of phenols is 6. The van der Waals surface area contributed by atoms with Crippen molar-refractivity contribution in [1.29, 1.82) is 0 Å². The standard InChI is InChI=1S/C32H24O12/c33-17-3-1-14-23-22-13(8-29(23,40)10-42-26(14)24(17)38)6-21(37)32(41)28(22)31-15-2-4-18(34)25(39)27(15)43-11-30(31,44-32)9-12-5-19(35)20(36)7-16(12)31/h1-7,28,33-36,38-41H,8-11H2. The first-order valence-electron chi connectivity index (χ1n) is 13.9. The highest BCUT2D eigenvalue weighted by atomic mass is 16.7. The molecular formula is C32H24O12. The highest BCUT2D eigenvalue weighted by molar-refractivity contribution is 6.04. The molecular weight excluding hydrogens is 576 g/mol. The van der Waals surface area contributed by atoms with Crippen LogP contribution in [0.25, 0.3) is 5.57 Å². The predicted molar refractivity (Wildman–Crippen MR) is 147 cm³/mol. The third kappa shape index (κ3) is 2.53. The number of ether oxygens (including phenoxy) is 3. The molecule has 3 heterocycles. The fourth-order valence-corrected chi connectivity index (χ4v) is 8.81. The molecule has 3 aliphatic carbocycles. The van der Waals surface area contributed by atoms with Gasteiger partial charge in [0.05, 0.1) is 11.3 Å². The third-order valence-corrected chi connectivity index (χ3v) is 10.3. The van der Waals surface area contributed by atoms with Crippen molar-refractivity contribution in [3.05, 3.63) is 75.9 Å². The molecule has 3 aliphatic heterocycles. The topological polar surface area (TPSA) is 207 Å². The minimum absolute atomic E-state index is 0.0138. The summed E-state index contributed by atoms with van der Waals surface area (Å²) in [5.41, 5.74) is -2.53. The fourth-order valence-electron chi connectivity index (χ4n) is 8.81. The minimum Gasteiger partial charge on any atom is -0.504 e. The summed E-state index contributed by atoms with van der Waals surface area (Å²) >= 11 is 0. The van der Waals surface area contributed by atoms with E-state index in [1.165, 1.54) is 42.5 Å². The van der Waals surface area contributed by atoms with Gasteiger partial charge in [-0.15, -0.1) is 0 Å². The number of hydrogen-bond acceptors (Lipinski definition) is 12. The van der Waals surface area contributed by atoms with Crippen LogP contribution in [0.1, 0.15) is 28.7 Å². The van der Waals surface area contributed by atoms with Crippen LogP contribution in [0.2, 0.25) is 0 Å². The zero-order chi connectivity index (χ0) is 30.7. The van der Waals surface area contributed by atoms with E-state index >= 15 is 0 Å². The first kappa shape index (κ1) is 25.6. The van der Waals surface area contributed by atoms with Gasteiger partial charge in [-0.1, -0.05) is 6.07 Å². The number of ketones is 1. The highest BCUT2D eigenvalue weighted by Gasteiger charge is 2.81. The maximum Gasteiger partial charge on any atom is 0.239 e. The molecule has 5 unspecified atom stereocenters. The van der Waals surface area contributed by atoms with Crippen molar-refractivity contribution < 1.29 is 59.9 Å². The van der Waals surface area contributed by atoms with E-state index in [9.17, 15) is 45.6 Å². The van der Waals surface area contributed by atoms with Gasteiger partial charge in [-0.3, -0.25) is 4.79 Å². The molecule has 0 saturated carbocycles. The van der Waals surface area contributed by atoms with Crippen molar-refractivity contribution in [1.82, 2.24) is 0 Å². The van der Waals surface area contributed by atoms with Crippen LogP contribution in [0.3, 0.4) is 0 Å². The van der Waals surface area contributed by atoms with Crippen molar-refractivity contribution in [2.24, 2.45) is 5.92 Å². The molecule has 12 nitrogen and oxygen atoms in total. The highest BCUT2D eigenvalue weighted by Crippen LogP contribution is 2.74. The van der Waals surface area contributed by atoms with Crippen LogP contribution in [0.15, 0.2) is 53.6 Å². The van der Waals surface area contributed by atoms with Gasteiger partial charge in [0.2, 0.25) is 23.1 Å². The summed E-state index contributed by atoms with van der Waals surface area (Å²) in [6.45, 7) is -0.652. The molecule has 3 aromatic carbocycles. The molecule has 0 aromatic heterocycles. The number of rotatable bonds is 0. The van der Waals surface area contributed by atoms with E-state index in [0.29, 0.717) is 22.3 Å². The Bertz CT molecular complexity index is 2000. The second-order valence-corrected chi connectivity index (χ2v) is 12.4. The van der Waals surface area contributed by atoms with Gasteiger partial charge < -0.3 is 55.1 Å². The van der Waals surface area contributed by atoms with Crippen LogP contribution in [-0.2, 0) is 21.4 Å². The number of carbonyl (C=O) groups is 1. The number of aromatic hydroxyl groups is 6. The summed E-state index contributed by atoms with van der Waals surface area (Å²) in [5.74, 6) is -7.80. The van der Waals surface area contributed by atoms with Crippen LogP contribution in [0.4, 0.5) is 0 Å². The van der Waals surface area contributed by atoms with Crippen LogP contribution in [0.5, 0.6) is 46.0 Å². The Kier molecular flexibility index (Phi) is 4.31. The van der Waals surface area contributed by atoms with Crippen molar-refractivity contribution in [3.8, 4) is 46.0 Å². The smallest absolute Gasteiger partial charge is 0.239 e. The Morgan fingerprint density at radius 3 is 2.20 bits per heavy atom. The fraction of sp³-hybridized carbons (Fsp3) is 0.281. The predicted octanol–water partition coefficient (Wildman–Crippen LogP) is 1.72. The zero-order valence-corrected chi connectivity index (χ0v) is 22.7. The zero-order valence-electron chi connectivity index (χ0n) is 22.7. The van der Waals surface area contributed by atoms with Crippen LogP contribution in [-0.4, -0.2) is 76.8 Å². The molecule has 8 N–H and O–H groups in total. The van der Waals surface area contributed by atoms with Crippen LogP contribution in [0, 0.1) is 5.92 Å². The molecule has 5 atom stereocenters. The van der Waals surface area contributed by atoms with E-state index in [1.54, 1.807) is 0 Å². The minimum atomic E-state index is -2.54. The summed E-state index contributed by atoms with van der Waals surface area (Å²) < 4.78 is 18.2. The van der Waals surface area contributed by atoms with E-state index in [4.69, 9.17) is 14.2 Å². The second-order valence-electron chi connectivity index (χ2n) is 12.4. The van der Waals surface area contributed by atoms with Crippen LogP contribution < -0.4 is 9.47 Å². The van der Waals surface area contributed by atoms with E-state index < -0.39 is 68.6 Å². The average Bonchev–Trinajstić information content (AvgIpc) is 3.51. The van der Waals surface area contributed by atoms with Crippen molar-refractivity contribution in [2.45, 2.75) is 35.2 Å². The molecule has 12 heteroatoms. The summed E-state index contributed by atoms with van der Waals surface area (Å²) in [7, 11) is 0. The Labute approximate surface area is 247 Å². The maximum atomic E-state index is 13.9. The van der Waals surface area contributed by atoms with E-state index in [1.807, 2.05) is 0 Å². The van der Waals surface area contributed by atoms with Crippen molar-refractivity contribution in [2.75, 3.05) is 13.2 Å². The number of carbonyl (C=O) groups excluding carboxylic acids is 1. The molecule has 44 heavy (non-hydrogen) atoms. The van der Waals surface area contributed by atoms with E-state index in [2.05, 4.69) is 0 Å². The number of fused-ring (bicyclic) bond motifs is 8. The van der Waals surface area contributed by atoms with Crippen molar-refractivity contribution >= 4 is 11.4 Å². The molecule has 0 amide bonds. The number of benzene rings is 3. The summed E-state index contributed by atoms with van der Waals surface area (Å²) in [5, 5.41) is 88.0. The van der Waals surface area contributed by atoms with Gasteiger partial charge in [-0.2, -0.15) is 0 Å². The van der Waals surface area contributed by atoms with Crippen molar-refractivity contribution in [3.63, 3.8) is 0 Å². The average molecular weight is 601 g/mol. The monoisotopic (exact) mass is 600 g/mol. The third-order valence-electron chi connectivity index (χ3n) is 10.3. The Hall–Kier alpha value is -4.91. The summed E-state index contributed by atoms with van der Waals surface area (Å²) in [4.78, 5) is 13.9. The largest absolute Gasteiger partial charge is 0.504 e. The van der Waals surface area contributed by atoms with E-state index in [-0.39, 0.29) is 54.3 Å². The molecule has 0 radical (unpaired) electrons. The molecule has 9 rings (SSSR count). The van der Waals surface area contributed by atoms with Gasteiger partial charge in [0, 0.05) is 29.5 Å². The molecule has 1 fully saturated rings. The second kappa shape index (κ2) is 7.41. The number of aliphatic hydroxyl groups is 2. The molecule has 3 aromatic rings. The summed E-state index contributed by atoms with van der Waals surface area (Å²) in [6.07, 6.45) is 1.15. The van der Waals surface area contributed by atoms with Gasteiger partial charge in [-0.05, 0) is 58.7 Å². The Morgan fingerprint density at radius 2 is 1.43 bits per heavy atom. The Balaban J connectivity index is 1.47. The molecule has 0 bridgehead atoms. The van der Waals surface area contributed by atoms with Gasteiger partial charge in [0.15, 0.2) is 34.5 Å². The Morgan fingerprint density at radius 1 is 0.750 bits per heavy atom. The number of hydrogen-bond donors (Lipinski definition) is 8. The van der Waals surface area contributed by atoms with Gasteiger partial charge >= 0.3 is 0 Å². The molecule has 1 saturated heterocycles. The quantitative estimate of drug-likeness (QED) is 0.174. The molecule has 0 spiro atoms. The normalized spacial score (nSPS) is 33.5. The molecule has 6 aliphatic rings. The molecule has 224 valence electrons. The van der Waals surface area contributed by atoms with E-state index in [0.717, 1.165) is 0 Å². The van der Waals surface area contributed by atoms with Gasteiger partial charge in [0.1, 0.15) is 24.4 Å². The maximum absolute atomic E-state index is 13.9. The lowest BCUT2D eigenvalue weighted by atomic mass is 9.54.